The Balaban J connectivity index is 1.59. The van der Waals surface area contributed by atoms with Gasteiger partial charge in [-0.25, -0.2) is 8.42 Å². The number of rotatable bonds is 7. The third-order valence-electron chi connectivity index (χ3n) is 4.08. The summed E-state index contributed by atoms with van der Waals surface area (Å²) in [5, 5.41) is 5.24. The topological polar surface area (TPSA) is 75.3 Å². The van der Waals surface area contributed by atoms with Gasteiger partial charge in [-0.2, -0.15) is 0 Å². The van der Waals surface area contributed by atoms with E-state index in [4.69, 9.17) is 11.6 Å². The van der Waals surface area contributed by atoms with E-state index in [2.05, 4.69) is 10.0 Å². The van der Waals surface area contributed by atoms with Crippen LogP contribution in [0.5, 0.6) is 0 Å². The smallest absolute Gasteiger partial charge is 0.271 e. The summed E-state index contributed by atoms with van der Waals surface area (Å²) in [6.07, 6.45) is 0.187. The summed E-state index contributed by atoms with van der Waals surface area (Å²) in [5.74, 6) is -0.140. The van der Waals surface area contributed by atoms with Crippen molar-refractivity contribution in [3.63, 3.8) is 0 Å². The lowest BCUT2D eigenvalue weighted by Gasteiger charge is -2.16. The van der Waals surface area contributed by atoms with E-state index in [1.165, 1.54) is 0 Å². The minimum absolute atomic E-state index is 0.140. The van der Waals surface area contributed by atoms with E-state index in [9.17, 15) is 13.2 Å². The molecule has 0 aliphatic rings. The van der Waals surface area contributed by atoms with Crippen LogP contribution in [0.25, 0.3) is 0 Å². The van der Waals surface area contributed by atoms with Crippen LogP contribution in [0.2, 0.25) is 5.02 Å². The highest BCUT2D eigenvalue weighted by atomic mass is 35.5. The van der Waals surface area contributed by atoms with Crippen molar-refractivity contribution in [3.8, 4) is 0 Å². The average Bonchev–Trinajstić information content (AvgIpc) is 3.19. The Morgan fingerprint density at radius 2 is 1.79 bits per heavy atom. The van der Waals surface area contributed by atoms with E-state index in [0.717, 1.165) is 22.5 Å². The number of hydrogen-bond donors (Lipinski definition) is 2. The SMILES string of the molecule is CC(NC(=O)Cc1ccc(NS(=O)(=O)c2cccs2)cc1)c1ccccc1Cl. The number of sulfonamides is 1. The minimum Gasteiger partial charge on any atom is -0.349 e. The summed E-state index contributed by atoms with van der Waals surface area (Å²) in [6.45, 7) is 1.88. The number of carbonyl (C=O) groups excluding carboxylic acids is 1. The van der Waals surface area contributed by atoms with Crippen LogP contribution in [-0.4, -0.2) is 14.3 Å². The Labute approximate surface area is 173 Å². The number of nitrogens with one attached hydrogen (secondary N) is 2. The molecule has 0 spiro atoms. The lowest BCUT2D eigenvalue weighted by Crippen LogP contribution is -2.28. The van der Waals surface area contributed by atoms with Crippen molar-refractivity contribution in [3.05, 3.63) is 82.2 Å². The van der Waals surface area contributed by atoms with E-state index >= 15 is 0 Å². The summed E-state index contributed by atoms with van der Waals surface area (Å²) in [7, 11) is -3.58. The fourth-order valence-corrected chi connectivity index (χ4v) is 5.05. The summed E-state index contributed by atoms with van der Waals surface area (Å²) < 4.78 is 27.2. The van der Waals surface area contributed by atoms with Crippen LogP contribution < -0.4 is 10.0 Å². The average molecular weight is 435 g/mol. The molecular weight excluding hydrogens is 416 g/mol. The molecule has 0 fully saturated rings. The number of carbonyl (C=O) groups is 1. The molecule has 1 atom stereocenters. The number of thiophene rings is 1. The van der Waals surface area contributed by atoms with Gasteiger partial charge in [-0.15, -0.1) is 11.3 Å². The van der Waals surface area contributed by atoms with Gasteiger partial charge in [0.1, 0.15) is 4.21 Å². The summed E-state index contributed by atoms with van der Waals surface area (Å²) in [4.78, 5) is 12.3. The highest BCUT2D eigenvalue weighted by Gasteiger charge is 2.16. The lowest BCUT2D eigenvalue weighted by atomic mass is 10.1. The van der Waals surface area contributed by atoms with Gasteiger partial charge in [-0.1, -0.05) is 48.0 Å². The molecule has 0 saturated carbocycles. The molecule has 0 saturated heterocycles. The maximum Gasteiger partial charge on any atom is 0.271 e. The first-order chi connectivity index (χ1) is 13.3. The fraction of sp³-hybridized carbons (Fsp3) is 0.150. The quantitative estimate of drug-likeness (QED) is 0.569. The largest absolute Gasteiger partial charge is 0.349 e. The first-order valence-electron chi connectivity index (χ1n) is 8.54. The van der Waals surface area contributed by atoms with Crippen molar-refractivity contribution >= 4 is 44.6 Å². The van der Waals surface area contributed by atoms with Crippen LogP contribution in [0.15, 0.2) is 70.3 Å². The maximum absolute atomic E-state index is 12.3. The van der Waals surface area contributed by atoms with Crippen molar-refractivity contribution in [2.24, 2.45) is 0 Å². The third-order valence-corrected chi connectivity index (χ3v) is 7.20. The van der Waals surface area contributed by atoms with Gasteiger partial charge in [-0.05, 0) is 47.7 Å². The highest BCUT2D eigenvalue weighted by molar-refractivity contribution is 7.94. The predicted molar refractivity (Wildman–Crippen MR) is 113 cm³/mol. The van der Waals surface area contributed by atoms with Gasteiger partial charge in [0.15, 0.2) is 0 Å². The molecule has 0 aliphatic heterocycles. The minimum atomic E-state index is -3.58. The van der Waals surface area contributed by atoms with Gasteiger partial charge in [0, 0.05) is 10.7 Å². The number of hydrogen-bond acceptors (Lipinski definition) is 4. The molecule has 1 heterocycles. The van der Waals surface area contributed by atoms with E-state index in [0.29, 0.717) is 10.7 Å². The second-order valence-corrected chi connectivity index (χ2v) is 9.49. The molecule has 3 aromatic rings. The first-order valence-corrected chi connectivity index (χ1v) is 11.3. The lowest BCUT2D eigenvalue weighted by molar-refractivity contribution is -0.121. The molecule has 146 valence electrons. The molecule has 0 bridgehead atoms. The molecule has 2 N–H and O–H groups in total. The third kappa shape index (κ3) is 5.13. The van der Waals surface area contributed by atoms with Gasteiger partial charge in [0.05, 0.1) is 12.5 Å². The predicted octanol–water partition coefficient (Wildman–Crippen LogP) is 4.62. The second-order valence-electron chi connectivity index (χ2n) is 6.22. The monoisotopic (exact) mass is 434 g/mol. The van der Waals surface area contributed by atoms with Gasteiger partial charge >= 0.3 is 0 Å². The van der Waals surface area contributed by atoms with Crippen molar-refractivity contribution in [1.82, 2.24) is 5.32 Å². The molecule has 28 heavy (non-hydrogen) atoms. The van der Waals surface area contributed by atoms with Gasteiger partial charge in [0.2, 0.25) is 5.91 Å². The van der Waals surface area contributed by atoms with Crippen molar-refractivity contribution < 1.29 is 13.2 Å². The molecule has 1 aromatic heterocycles. The Morgan fingerprint density at radius 1 is 1.07 bits per heavy atom. The zero-order chi connectivity index (χ0) is 20.1. The molecule has 8 heteroatoms. The molecule has 1 unspecified atom stereocenters. The molecule has 0 radical (unpaired) electrons. The Kier molecular flexibility index (Phi) is 6.39. The van der Waals surface area contributed by atoms with Gasteiger partial charge < -0.3 is 5.32 Å². The normalized spacial score (nSPS) is 12.4. The van der Waals surface area contributed by atoms with Crippen LogP contribution >= 0.6 is 22.9 Å². The van der Waals surface area contributed by atoms with E-state index < -0.39 is 10.0 Å². The Bertz CT molecular complexity index is 1050. The van der Waals surface area contributed by atoms with E-state index in [1.54, 1.807) is 47.8 Å². The van der Waals surface area contributed by atoms with Crippen LogP contribution in [0, 0.1) is 0 Å². The van der Waals surface area contributed by atoms with Crippen molar-refractivity contribution in [1.29, 1.82) is 0 Å². The molecule has 0 aliphatic carbocycles. The number of halogens is 1. The molecule has 3 rings (SSSR count). The number of benzene rings is 2. The molecular formula is C20H19ClN2O3S2. The maximum atomic E-state index is 12.3. The van der Waals surface area contributed by atoms with Crippen LogP contribution in [0.3, 0.4) is 0 Å². The van der Waals surface area contributed by atoms with Crippen molar-refractivity contribution in [2.75, 3.05) is 4.72 Å². The first kappa shape index (κ1) is 20.4. The molecule has 1 amide bonds. The molecule has 2 aromatic carbocycles. The van der Waals surface area contributed by atoms with E-state index in [-0.39, 0.29) is 22.6 Å². The summed E-state index contributed by atoms with van der Waals surface area (Å²) >= 11 is 7.32. The zero-order valence-corrected chi connectivity index (χ0v) is 17.4. The summed E-state index contributed by atoms with van der Waals surface area (Å²) in [6, 6.07) is 17.1. The fourth-order valence-electron chi connectivity index (χ4n) is 2.69. The van der Waals surface area contributed by atoms with Gasteiger partial charge in [-0.3, -0.25) is 9.52 Å². The van der Waals surface area contributed by atoms with Crippen LogP contribution in [0.4, 0.5) is 5.69 Å². The Hall–Kier alpha value is -2.35. The number of amides is 1. The van der Waals surface area contributed by atoms with Gasteiger partial charge in [0.25, 0.3) is 10.0 Å². The van der Waals surface area contributed by atoms with E-state index in [1.807, 2.05) is 25.1 Å². The van der Waals surface area contributed by atoms with Crippen molar-refractivity contribution in [2.45, 2.75) is 23.6 Å². The Morgan fingerprint density at radius 3 is 2.43 bits per heavy atom. The highest BCUT2D eigenvalue weighted by Crippen LogP contribution is 2.23. The van der Waals surface area contributed by atoms with Crippen LogP contribution in [-0.2, 0) is 21.2 Å². The van der Waals surface area contributed by atoms with Crippen LogP contribution in [0.1, 0.15) is 24.1 Å². The summed E-state index contributed by atoms with van der Waals surface area (Å²) in [5.41, 5.74) is 2.08. The number of anilines is 1. The molecule has 5 nitrogen and oxygen atoms in total. The standard InChI is InChI=1S/C20H19ClN2O3S2/c1-14(17-5-2-3-6-18(17)21)22-19(24)13-15-8-10-16(11-9-15)23-28(25,26)20-7-4-12-27-20/h2-12,14,23H,13H2,1H3,(H,22,24). The second kappa shape index (κ2) is 8.77. The zero-order valence-electron chi connectivity index (χ0n) is 15.1.